The number of dihydropyridines is 1. The lowest BCUT2D eigenvalue weighted by Gasteiger charge is -2.32. The highest BCUT2D eigenvalue weighted by Gasteiger charge is 2.41. The molecule has 1 unspecified atom stereocenters. The van der Waals surface area contributed by atoms with Gasteiger partial charge in [-0.15, -0.1) is 17.0 Å². The second-order valence-corrected chi connectivity index (χ2v) is 6.98. The maximum Gasteiger partial charge on any atom is 0.336 e. The SMILES string of the molecule is Br.CCOC(=O)C1=C(Cn2ccnc2)NC(C)=C(C(=O)OC)C1c1c(F)cccc1Cl. The number of esters is 2. The van der Waals surface area contributed by atoms with Crippen LogP contribution in [0.2, 0.25) is 5.02 Å². The highest BCUT2D eigenvalue weighted by atomic mass is 79.9. The monoisotopic (exact) mass is 513 g/mol. The van der Waals surface area contributed by atoms with E-state index in [4.69, 9.17) is 21.1 Å². The minimum Gasteiger partial charge on any atom is -0.466 e. The van der Waals surface area contributed by atoms with Gasteiger partial charge in [0.2, 0.25) is 0 Å². The van der Waals surface area contributed by atoms with Gasteiger partial charge in [-0.3, -0.25) is 0 Å². The number of methoxy groups -OCH3 is 1. The molecule has 166 valence electrons. The van der Waals surface area contributed by atoms with Crippen LogP contribution in [0.25, 0.3) is 0 Å². The van der Waals surface area contributed by atoms with Crippen molar-refractivity contribution < 1.29 is 23.5 Å². The maximum absolute atomic E-state index is 15.0. The van der Waals surface area contributed by atoms with Crippen LogP contribution < -0.4 is 5.32 Å². The van der Waals surface area contributed by atoms with Crippen LogP contribution in [-0.4, -0.2) is 35.2 Å². The molecule has 1 aliphatic heterocycles. The van der Waals surface area contributed by atoms with Crippen molar-refractivity contribution in [1.82, 2.24) is 14.9 Å². The fourth-order valence-electron chi connectivity index (χ4n) is 3.49. The van der Waals surface area contributed by atoms with Crippen molar-refractivity contribution in [2.24, 2.45) is 0 Å². The molecule has 1 aliphatic rings. The Kier molecular flexibility index (Phi) is 8.41. The molecule has 1 atom stereocenters. The van der Waals surface area contributed by atoms with Gasteiger partial charge >= 0.3 is 11.9 Å². The summed E-state index contributed by atoms with van der Waals surface area (Å²) in [5.41, 5.74) is 1.05. The predicted molar refractivity (Wildman–Crippen MR) is 118 cm³/mol. The molecule has 3 rings (SSSR count). The summed E-state index contributed by atoms with van der Waals surface area (Å²) in [6.45, 7) is 3.65. The summed E-state index contributed by atoms with van der Waals surface area (Å²) in [5.74, 6) is -3.14. The molecule has 0 aliphatic carbocycles. The highest BCUT2D eigenvalue weighted by molar-refractivity contribution is 8.93. The van der Waals surface area contributed by atoms with Gasteiger partial charge in [0.25, 0.3) is 0 Å². The van der Waals surface area contributed by atoms with E-state index in [0.717, 1.165) is 0 Å². The zero-order chi connectivity index (χ0) is 21.8. The smallest absolute Gasteiger partial charge is 0.336 e. The van der Waals surface area contributed by atoms with Crippen molar-refractivity contribution in [2.75, 3.05) is 13.7 Å². The van der Waals surface area contributed by atoms with Gasteiger partial charge in [0.05, 0.1) is 43.7 Å². The van der Waals surface area contributed by atoms with Crippen LogP contribution in [0.4, 0.5) is 4.39 Å². The third-order valence-electron chi connectivity index (χ3n) is 4.73. The van der Waals surface area contributed by atoms with Crippen molar-refractivity contribution in [3.05, 3.63) is 75.9 Å². The molecule has 1 aromatic heterocycles. The Hall–Kier alpha value is -2.65. The standard InChI is InChI=1S/C21H21ClFN3O4.BrH/c1-4-30-21(28)18-15(10-26-9-8-24-11-26)25-12(2)16(20(27)29-3)19(18)17-13(22)6-5-7-14(17)23;/h5-9,11,19,25H,4,10H2,1-3H3;1H. The largest absolute Gasteiger partial charge is 0.466 e. The van der Waals surface area contributed by atoms with Crippen LogP contribution in [0, 0.1) is 5.82 Å². The summed E-state index contributed by atoms with van der Waals surface area (Å²) >= 11 is 6.34. The van der Waals surface area contributed by atoms with E-state index >= 15 is 0 Å². The number of carbonyl (C=O) groups is 2. The summed E-state index contributed by atoms with van der Waals surface area (Å²) in [4.78, 5) is 29.7. The number of nitrogens with zero attached hydrogens (tertiary/aromatic N) is 2. The first-order chi connectivity index (χ1) is 14.4. The van der Waals surface area contributed by atoms with E-state index in [0.29, 0.717) is 11.4 Å². The second-order valence-electron chi connectivity index (χ2n) is 6.57. The Labute approximate surface area is 194 Å². The second kappa shape index (κ2) is 10.6. The van der Waals surface area contributed by atoms with Gasteiger partial charge in [-0.1, -0.05) is 17.7 Å². The molecule has 0 saturated carbocycles. The predicted octanol–water partition coefficient (Wildman–Crippen LogP) is 3.90. The Morgan fingerprint density at radius 2 is 2.03 bits per heavy atom. The van der Waals surface area contributed by atoms with Gasteiger partial charge in [-0.25, -0.2) is 19.0 Å². The number of imidazole rings is 1. The Balaban J connectivity index is 0.00000341. The lowest BCUT2D eigenvalue weighted by molar-refractivity contribution is -0.139. The minimum atomic E-state index is -1.11. The Bertz CT molecular complexity index is 1020. The number of aromatic nitrogens is 2. The fraction of sp³-hybridized carbons (Fsp3) is 0.286. The van der Waals surface area contributed by atoms with E-state index in [-0.39, 0.29) is 51.9 Å². The van der Waals surface area contributed by atoms with Gasteiger partial charge in [-0.2, -0.15) is 0 Å². The van der Waals surface area contributed by atoms with Crippen molar-refractivity contribution in [2.45, 2.75) is 26.3 Å². The molecular weight excluding hydrogens is 493 g/mol. The number of allylic oxidation sites excluding steroid dienone is 2. The van der Waals surface area contributed by atoms with E-state index in [1.807, 2.05) is 0 Å². The van der Waals surface area contributed by atoms with Gasteiger partial charge in [0, 0.05) is 34.4 Å². The Morgan fingerprint density at radius 1 is 1.29 bits per heavy atom. The van der Waals surface area contributed by atoms with Crippen LogP contribution in [-0.2, 0) is 25.6 Å². The molecule has 0 fully saturated rings. The quantitative estimate of drug-likeness (QED) is 0.589. The number of rotatable bonds is 6. The van der Waals surface area contributed by atoms with E-state index in [9.17, 15) is 14.0 Å². The van der Waals surface area contributed by atoms with Crippen LogP contribution in [0.5, 0.6) is 0 Å². The van der Waals surface area contributed by atoms with Crippen LogP contribution in [0.1, 0.15) is 25.3 Å². The zero-order valence-electron chi connectivity index (χ0n) is 17.1. The first kappa shape index (κ1) is 24.6. The van der Waals surface area contributed by atoms with E-state index in [2.05, 4.69) is 10.3 Å². The summed E-state index contributed by atoms with van der Waals surface area (Å²) < 4.78 is 26.9. The third-order valence-corrected chi connectivity index (χ3v) is 5.06. The number of hydrogen-bond acceptors (Lipinski definition) is 6. The average Bonchev–Trinajstić information content (AvgIpc) is 3.20. The highest BCUT2D eigenvalue weighted by Crippen LogP contribution is 2.43. The summed E-state index contributed by atoms with van der Waals surface area (Å²) in [6, 6.07) is 4.19. The third kappa shape index (κ3) is 4.99. The minimum absolute atomic E-state index is 0. The molecule has 0 bridgehead atoms. The molecule has 0 spiro atoms. The summed E-state index contributed by atoms with van der Waals surface area (Å²) in [6.07, 6.45) is 4.90. The zero-order valence-corrected chi connectivity index (χ0v) is 19.6. The summed E-state index contributed by atoms with van der Waals surface area (Å²) in [5, 5.41) is 3.17. The van der Waals surface area contributed by atoms with Crippen LogP contribution in [0.3, 0.4) is 0 Å². The number of ether oxygens (including phenoxy) is 2. The number of carbonyl (C=O) groups excluding carboxylic acids is 2. The summed E-state index contributed by atoms with van der Waals surface area (Å²) in [7, 11) is 1.22. The van der Waals surface area contributed by atoms with Crippen molar-refractivity contribution >= 4 is 40.5 Å². The molecule has 1 N–H and O–H groups in total. The molecule has 10 heteroatoms. The van der Waals surface area contributed by atoms with E-state index in [1.165, 1.54) is 25.3 Å². The van der Waals surface area contributed by atoms with Crippen molar-refractivity contribution in [1.29, 1.82) is 0 Å². The van der Waals surface area contributed by atoms with Crippen molar-refractivity contribution in [3.63, 3.8) is 0 Å². The molecule has 1 aromatic carbocycles. The van der Waals surface area contributed by atoms with Gasteiger partial charge < -0.3 is 19.4 Å². The molecule has 0 saturated heterocycles. The molecule has 7 nitrogen and oxygen atoms in total. The molecule has 0 radical (unpaired) electrons. The van der Waals surface area contributed by atoms with E-state index < -0.39 is 23.7 Å². The van der Waals surface area contributed by atoms with Gasteiger partial charge in [0.15, 0.2) is 0 Å². The normalized spacial score (nSPS) is 15.8. The first-order valence-corrected chi connectivity index (χ1v) is 9.62. The topological polar surface area (TPSA) is 82.5 Å². The molecular formula is C21H22BrClFN3O4. The van der Waals surface area contributed by atoms with Gasteiger partial charge in [0.1, 0.15) is 5.82 Å². The van der Waals surface area contributed by atoms with Gasteiger partial charge in [-0.05, 0) is 26.0 Å². The number of hydrogen-bond donors (Lipinski definition) is 1. The van der Waals surface area contributed by atoms with E-state index in [1.54, 1.807) is 37.1 Å². The van der Waals surface area contributed by atoms with Crippen LogP contribution >= 0.6 is 28.6 Å². The molecule has 2 heterocycles. The van der Waals surface area contributed by atoms with Crippen molar-refractivity contribution in [3.8, 4) is 0 Å². The molecule has 31 heavy (non-hydrogen) atoms. The number of halogens is 3. The lowest BCUT2D eigenvalue weighted by Crippen LogP contribution is -2.35. The number of benzene rings is 1. The molecule has 2 aromatic rings. The maximum atomic E-state index is 15.0. The fourth-order valence-corrected chi connectivity index (χ4v) is 3.76. The first-order valence-electron chi connectivity index (χ1n) is 9.24. The van der Waals surface area contributed by atoms with Crippen LogP contribution in [0.15, 0.2) is 59.5 Å². The Morgan fingerprint density at radius 3 is 2.61 bits per heavy atom. The number of nitrogens with one attached hydrogen (secondary N) is 1. The molecule has 0 amide bonds. The average molecular weight is 515 g/mol. The lowest BCUT2D eigenvalue weighted by atomic mass is 9.79.